The summed E-state index contributed by atoms with van der Waals surface area (Å²) in [4.78, 5) is 15.1. The minimum Gasteiger partial charge on any atom is -0.481 e. The van der Waals surface area contributed by atoms with E-state index in [-0.39, 0.29) is 33.8 Å². The molecular formula is C47H73N5O5S. The Bertz CT molecular complexity index is 1940. The summed E-state index contributed by atoms with van der Waals surface area (Å²) in [7, 11) is -2.87. The SMILES string of the molecule is C=C(C)[C@@H]1CC[C@]2(NCCN3CCS(=O)(=O)CC3)CC[C@]3(C)[C@H](CC[C@@H]4[C@@]5(C)CC=C(C6=CCC(COc7cnnn7CC)(C(=O)O)CC6)C(C)(C)[C@@H]5CC[C@]43C)[C@@H]12. The van der Waals surface area contributed by atoms with Crippen molar-refractivity contribution in [1.82, 2.24) is 25.2 Å². The zero-order valence-corrected chi connectivity index (χ0v) is 37.6. The second-order valence-corrected chi connectivity index (χ2v) is 23.8. The van der Waals surface area contributed by atoms with Gasteiger partial charge in [-0.1, -0.05) is 64.1 Å². The first kappa shape index (κ1) is 42.2. The number of carboxylic acid groups (broad SMARTS) is 1. The van der Waals surface area contributed by atoms with Gasteiger partial charge in [-0.05, 0) is 153 Å². The van der Waals surface area contributed by atoms with Crippen LogP contribution in [0.5, 0.6) is 5.88 Å². The highest BCUT2D eigenvalue weighted by Gasteiger charge is 2.70. The fourth-order valence-corrected chi connectivity index (χ4v) is 16.6. The van der Waals surface area contributed by atoms with Gasteiger partial charge in [-0.15, -0.1) is 5.10 Å². The van der Waals surface area contributed by atoms with E-state index in [1.165, 1.54) is 68.1 Å². The largest absolute Gasteiger partial charge is 0.481 e. The lowest BCUT2D eigenvalue weighted by Crippen LogP contribution is -2.68. The Morgan fingerprint density at radius 2 is 1.72 bits per heavy atom. The highest BCUT2D eigenvalue weighted by atomic mass is 32.2. The number of nitrogens with one attached hydrogen (secondary N) is 1. The molecule has 10 nitrogen and oxygen atoms in total. The summed E-state index contributed by atoms with van der Waals surface area (Å²) in [6.45, 7) is 25.8. The minimum absolute atomic E-state index is 0.00236. The van der Waals surface area contributed by atoms with Crippen molar-refractivity contribution in [1.29, 1.82) is 0 Å². The molecule has 8 rings (SSSR count). The number of aromatic nitrogens is 3. The molecule has 10 atom stereocenters. The lowest BCUT2D eigenvalue weighted by Gasteiger charge is -2.72. The number of aliphatic carboxylic acids is 1. The average molecular weight is 820 g/mol. The molecule has 2 heterocycles. The Morgan fingerprint density at radius 1 is 0.966 bits per heavy atom. The molecule has 1 aromatic rings. The van der Waals surface area contributed by atoms with Gasteiger partial charge in [-0.25, -0.2) is 13.1 Å². The van der Waals surface area contributed by atoms with Crippen LogP contribution in [0.2, 0.25) is 0 Å². The summed E-state index contributed by atoms with van der Waals surface area (Å²) >= 11 is 0. The van der Waals surface area contributed by atoms with Crippen LogP contribution in [-0.4, -0.2) is 89.2 Å². The van der Waals surface area contributed by atoms with E-state index < -0.39 is 21.2 Å². The summed E-state index contributed by atoms with van der Waals surface area (Å²) < 4.78 is 31.9. The van der Waals surface area contributed by atoms with Gasteiger partial charge in [0.1, 0.15) is 18.2 Å². The van der Waals surface area contributed by atoms with E-state index in [0.717, 1.165) is 25.9 Å². The molecule has 0 radical (unpaired) electrons. The third-order valence-corrected chi connectivity index (χ3v) is 20.4. The van der Waals surface area contributed by atoms with Crippen molar-refractivity contribution < 1.29 is 23.1 Å². The lowest BCUT2D eigenvalue weighted by molar-refractivity contribution is -0.221. The number of rotatable bonds is 11. The number of aryl methyl sites for hydroxylation is 1. The number of sulfone groups is 1. The number of fused-ring (bicyclic) bond motifs is 7. The molecule has 1 aromatic heterocycles. The van der Waals surface area contributed by atoms with E-state index in [2.05, 4.69) is 80.8 Å². The molecule has 7 aliphatic rings. The summed E-state index contributed by atoms with van der Waals surface area (Å²) in [5.41, 5.74) is 4.06. The van der Waals surface area contributed by atoms with Gasteiger partial charge in [-0.3, -0.25) is 4.79 Å². The zero-order valence-electron chi connectivity index (χ0n) is 36.7. The predicted molar refractivity (Wildman–Crippen MR) is 229 cm³/mol. The van der Waals surface area contributed by atoms with Gasteiger partial charge < -0.3 is 20.1 Å². The van der Waals surface area contributed by atoms with Crippen LogP contribution in [0.1, 0.15) is 126 Å². The predicted octanol–water partition coefficient (Wildman–Crippen LogP) is 8.12. The first-order valence-corrected chi connectivity index (χ1v) is 24.6. The number of ether oxygens (including phenoxy) is 1. The van der Waals surface area contributed by atoms with Crippen LogP contribution in [0.15, 0.2) is 41.6 Å². The van der Waals surface area contributed by atoms with Crippen molar-refractivity contribution in [3.8, 4) is 5.88 Å². The Morgan fingerprint density at radius 3 is 2.40 bits per heavy atom. The topological polar surface area (TPSA) is 127 Å². The molecule has 0 amide bonds. The van der Waals surface area contributed by atoms with Crippen LogP contribution in [0.25, 0.3) is 0 Å². The smallest absolute Gasteiger partial charge is 0.313 e. The van der Waals surface area contributed by atoms with Crippen LogP contribution in [0.3, 0.4) is 0 Å². The first-order chi connectivity index (χ1) is 27.3. The third-order valence-electron chi connectivity index (χ3n) is 18.8. The summed E-state index contributed by atoms with van der Waals surface area (Å²) in [5, 5.41) is 22.7. The number of carboxylic acids is 1. The molecule has 322 valence electrons. The normalized spacial score (nSPS) is 41.9. The van der Waals surface area contributed by atoms with Crippen LogP contribution in [-0.2, 0) is 21.2 Å². The molecule has 5 fully saturated rings. The Hall–Kier alpha value is -2.50. The minimum atomic E-state index is -2.87. The monoisotopic (exact) mass is 820 g/mol. The molecule has 0 bridgehead atoms. The second-order valence-electron chi connectivity index (χ2n) is 21.5. The van der Waals surface area contributed by atoms with Crippen LogP contribution in [0.4, 0.5) is 0 Å². The van der Waals surface area contributed by atoms with Gasteiger partial charge in [0.05, 0.1) is 11.5 Å². The van der Waals surface area contributed by atoms with Gasteiger partial charge in [0.15, 0.2) is 9.84 Å². The standard InChI is InChI=1S/C47H73N5O5S/c1-9-52-39(30-49-50-52)57-31-46(41(53)54)19-12-33(13-20-46)35-15-17-43(6)37(42(35,4)5)16-18-45(8)38(43)11-10-36-40-34(32(2)3)14-21-47(40,23-22-44(36,45)7)48-24-25-51-26-28-58(55,56)29-27-51/h12,15,30,34,36-38,40,48H,2,9-11,13-14,16-29,31H2,1,3-8H3,(H,53,54)/t34-,36+,37-,38+,40+,43-,44+,45+,46?,47-/m0/s1. The molecule has 1 aliphatic heterocycles. The maximum Gasteiger partial charge on any atom is 0.313 e. The summed E-state index contributed by atoms with van der Waals surface area (Å²) in [6, 6.07) is 0. The number of carbonyl (C=O) groups is 1. The van der Waals surface area contributed by atoms with Gasteiger partial charge >= 0.3 is 5.97 Å². The fourth-order valence-electron chi connectivity index (χ4n) is 15.4. The molecular weight excluding hydrogens is 747 g/mol. The van der Waals surface area contributed by atoms with Crippen molar-refractivity contribution in [2.45, 2.75) is 138 Å². The molecule has 0 aromatic carbocycles. The first-order valence-electron chi connectivity index (χ1n) is 22.8. The molecule has 2 N–H and O–H groups in total. The van der Waals surface area contributed by atoms with Crippen molar-refractivity contribution in [3.63, 3.8) is 0 Å². The van der Waals surface area contributed by atoms with E-state index >= 15 is 0 Å². The van der Waals surface area contributed by atoms with Crippen LogP contribution < -0.4 is 10.1 Å². The Balaban J connectivity index is 1.01. The average Bonchev–Trinajstić information content (AvgIpc) is 3.80. The van der Waals surface area contributed by atoms with E-state index in [0.29, 0.717) is 79.5 Å². The summed E-state index contributed by atoms with van der Waals surface area (Å²) in [6.07, 6.45) is 19.3. The second kappa shape index (κ2) is 14.8. The lowest BCUT2D eigenvalue weighted by atomic mass is 9.33. The van der Waals surface area contributed by atoms with Crippen molar-refractivity contribution in [2.24, 2.45) is 56.7 Å². The molecule has 1 unspecified atom stereocenters. The van der Waals surface area contributed by atoms with Crippen LogP contribution >= 0.6 is 0 Å². The van der Waals surface area contributed by atoms with Gasteiger partial charge in [0.2, 0.25) is 5.88 Å². The molecule has 11 heteroatoms. The number of allylic oxidation sites excluding steroid dienone is 5. The van der Waals surface area contributed by atoms with Gasteiger partial charge in [0.25, 0.3) is 0 Å². The third kappa shape index (κ3) is 6.60. The van der Waals surface area contributed by atoms with Gasteiger partial charge in [0, 0.05) is 38.3 Å². The maximum atomic E-state index is 12.8. The van der Waals surface area contributed by atoms with E-state index in [1.807, 2.05) is 6.92 Å². The van der Waals surface area contributed by atoms with Crippen molar-refractivity contribution >= 4 is 15.8 Å². The number of nitrogens with zero attached hydrogens (tertiary/aromatic N) is 4. The van der Waals surface area contributed by atoms with Crippen molar-refractivity contribution in [2.75, 3.05) is 44.3 Å². The van der Waals surface area contributed by atoms with Gasteiger partial charge in [-0.2, -0.15) is 0 Å². The van der Waals surface area contributed by atoms with E-state index in [4.69, 9.17) is 4.74 Å². The maximum absolute atomic E-state index is 12.8. The highest BCUT2D eigenvalue weighted by molar-refractivity contribution is 7.91. The number of hydrogen-bond donors (Lipinski definition) is 2. The van der Waals surface area contributed by atoms with Crippen molar-refractivity contribution in [3.05, 3.63) is 41.6 Å². The molecule has 4 saturated carbocycles. The number of hydrogen-bond acceptors (Lipinski definition) is 8. The summed E-state index contributed by atoms with van der Waals surface area (Å²) in [5.74, 6) is 3.34. The Kier molecular flexibility index (Phi) is 10.8. The van der Waals surface area contributed by atoms with E-state index in [1.54, 1.807) is 10.9 Å². The van der Waals surface area contributed by atoms with E-state index in [9.17, 15) is 18.3 Å². The molecule has 58 heavy (non-hydrogen) atoms. The molecule has 6 aliphatic carbocycles. The zero-order chi connectivity index (χ0) is 41.5. The quantitative estimate of drug-likeness (QED) is 0.213. The Labute approximate surface area is 349 Å². The van der Waals surface area contributed by atoms with Crippen LogP contribution in [0, 0.1) is 56.7 Å². The fraction of sp³-hybridized carbons (Fsp3) is 0.809. The molecule has 1 saturated heterocycles. The highest BCUT2D eigenvalue weighted by Crippen LogP contribution is 2.76. The molecule has 0 spiro atoms.